The van der Waals surface area contributed by atoms with Gasteiger partial charge in [-0.05, 0) is 61.8 Å². The standard InChI is InChI=1S/C27H25N7O/c1-4-16-10-14(2)20-23(32-16)19-11-15(27(35)34-9-5-6-17(34)12-28)7-8-18(19)21-22-25(29)30-13-31-26(22)33(3)24(20)21/h1,10,13,15,17H,5-9,11H2,2-3H3,(H2,29,30,31)/t15-,17-/m0/s1. The van der Waals surface area contributed by atoms with Crippen molar-refractivity contribution >= 4 is 44.6 Å². The molecule has 0 spiro atoms. The lowest BCUT2D eigenvalue weighted by molar-refractivity contribution is -0.135. The Balaban J connectivity index is 1.64. The minimum Gasteiger partial charge on any atom is -0.383 e. The van der Waals surface area contributed by atoms with E-state index in [0.717, 1.165) is 62.4 Å². The van der Waals surface area contributed by atoms with Crippen molar-refractivity contribution in [3.8, 4) is 18.4 Å². The number of likely N-dealkylation sites (tertiary alicyclic amines) is 1. The van der Waals surface area contributed by atoms with Gasteiger partial charge in [-0.1, -0.05) is 5.92 Å². The number of terminal acetylenes is 1. The molecule has 1 saturated heterocycles. The molecule has 1 fully saturated rings. The molecule has 0 unspecified atom stereocenters. The molecule has 6 rings (SSSR count). The fraction of sp³-hybridized carbons (Fsp3) is 0.370. The Bertz CT molecular complexity index is 1650. The number of pyridine rings is 1. The molecule has 2 aliphatic rings. The fourth-order valence-corrected chi connectivity index (χ4v) is 6.19. The van der Waals surface area contributed by atoms with Gasteiger partial charge < -0.3 is 15.2 Å². The first-order chi connectivity index (χ1) is 16.9. The van der Waals surface area contributed by atoms with Gasteiger partial charge in [-0.3, -0.25) is 4.79 Å². The molecule has 1 aliphatic heterocycles. The molecule has 1 aliphatic carbocycles. The molecular weight excluding hydrogens is 438 g/mol. The van der Waals surface area contributed by atoms with Gasteiger partial charge in [0.05, 0.1) is 22.5 Å². The number of carbonyl (C=O) groups excluding carboxylic acids is 1. The van der Waals surface area contributed by atoms with Gasteiger partial charge in [-0.2, -0.15) is 5.26 Å². The predicted molar refractivity (Wildman–Crippen MR) is 134 cm³/mol. The topological polar surface area (TPSA) is 114 Å². The molecule has 8 heteroatoms. The SMILES string of the molecule is C#Cc1cc(C)c2c(n1)c1c(c3c4c(N)ncnc4n(C)c23)CC[C@H](C(=O)N2CCC[C@H]2C#N)C1. The summed E-state index contributed by atoms with van der Waals surface area (Å²) in [7, 11) is 1.99. The number of nitrogens with zero attached hydrogens (tertiary/aromatic N) is 6. The molecule has 0 radical (unpaired) electrons. The van der Waals surface area contributed by atoms with Crippen molar-refractivity contribution in [3.63, 3.8) is 0 Å². The van der Waals surface area contributed by atoms with Crippen LogP contribution in [0.2, 0.25) is 0 Å². The van der Waals surface area contributed by atoms with Crippen molar-refractivity contribution in [1.29, 1.82) is 5.26 Å². The highest BCUT2D eigenvalue weighted by Crippen LogP contribution is 2.44. The van der Waals surface area contributed by atoms with Gasteiger partial charge in [0.25, 0.3) is 0 Å². The zero-order valence-electron chi connectivity index (χ0n) is 19.8. The second-order valence-electron chi connectivity index (χ2n) is 9.65. The van der Waals surface area contributed by atoms with Crippen LogP contribution in [-0.2, 0) is 24.7 Å². The van der Waals surface area contributed by atoms with E-state index >= 15 is 0 Å². The number of amides is 1. The van der Waals surface area contributed by atoms with Crippen LogP contribution in [0, 0.1) is 36.5 Å². The number of nitrogens with two attached hydrogens (primary N) is 1. The van der Waals surface area contributed by atoms with E-state index in [-0.39, 0.29) is 17.9 Å². The minimum absolute atomic E-state index is 0.0681. The maximum absolute atomic E-state index is 13.5. The zero-order valence-corrected chi connectivity index (χ0v) is 19.8. The Morgan fingerprint density at radius 2 is 2.06 bits per heavy atom. The van der Waals surface area contributed by atoms with Gasteiger partial charge in [0.2, 0.25) is 5.91 Å². The molecule has 35 heavy (non-hydrogen) atoms. The number of rotatable bonds is 1. The molecule has 8 nitrogen and oxygen atoms in total. The largest absolute Gasteiger partial charge is 0.383 e. The Hall–Kier alpha value is -4.17. The van der Waals surface area contributed by atoms with E-state index in [2.05, 4.69) is 26.5 Å². The summed E-state index contributed by atoms with van der Waals surface area (Å²) in [5.41, 5.74) is 12.8. The first-order valence-corrected chi connectivity index (χ1v) is 11.9. The van der Waals surface area contributed by atoms with Crippen molar-refractivity contribution in [3.05, 3.63) is 34.8 Å². The van der Waals surface area contributed by atoms with Crippen molar-refractivity contribution in [1.82, 2.24) is 24.4 Å². The summed E-state index contributed by atoms with van der Waals surface area (Å²) in [4.78, 5) is 29.0. The van der Waals surface area contributed by atoms with Crippen molar-refractivity contribution < 1.29 is 4.79 Å². The molecule has 2 N–H and O–H groups in total. The first kappa shape index (κ1) is 21.4. The van der Waals surface area contributed by atoms with E-state index in [1.807, 2.05) is 20.0 Å². The Morgan fingerprint density at radius 1 is 1.23 bits per heavy atom. The lowest BCUT2D eigenvalue weighted by Crippen LogP contribution is -2.40. The number of hydrogen-bond acceptors (Lipinski definition) is 6. The van der Waals surface area contributed by atoms with Crippen LogP contribution in [0.15, 0.2) is 12.4 Å². The van der Waals surface area contributed by atoms with Crippen LogP contribution in [0.5, 0.6) is 0 Å². The van der Waals surface area contributed by atoms with Crippen LogP contribution in [0.4, 0.5) is 5.82 Å². The average molecular weight is 464 g/mol. The minimum atomic E-state index is -0.327. The Morgan fingerprint density at radius 3 is 2.83 bits per heavy atom. The highest BCUT2D eigenvalue weighted by molar-refractivity contribution is 6.22. The molecule has 3 aromatic heterocycles. The van der Waals surface area contributed by atoms with Crippen LogP contribution in [0.25, 0.3) is 32.8 Å². The summed E-state index contributed by atoms with van der Waals surface area (Å²) in [5.74, 6) is 3.00. The van der Waals surface area contributed by atoms with E-state index < -0.39 is 0 Å². The Kier molecular flexibility index (Phi) is 4.69. The smallest absolute Gasteiger partial charge is 0.227 e. The molecule has 0 saturated carbocycles. The molecule has 4 heterocycles. The molecule has 1 aromatic carbocycles. The summed E-state index contributed by atoms with van der Waals surface area (Å²) in [5, 5.41) is 12.4. The third kappa shape index (κ3) is 2.93. The van der Waals surface area contributed by atoms with Gasteiger partial charge in [0, 0.05) is 30.3 Å². The van der Waals surface area contributed by atoms with Gasteiger partial charge in [0.15, 0.2) is 0 Å². The van der Waals surface area contributed by atoms with Gasteiger partial charge in [-0.15, -0.1) is 6.42 Å². The van der Waals surface area contributed by atoms with Crippen LogP contribution in [0.1, 0.15) is 41.6 Å². The molecule has 2 atom stereocenters. The van der Waals surface area contributed by atoms with Crippen molar-refractivity contribution in [2.24, 2.45) is 13.0 Å². The summed E-state index contributed by atoms with van der Waals surface area (Å²) < 4.78 is 2.06. The van der Waals surface area contributed by atoms with Crippen LogP contribution in [0.3, 0.4) is 0 Å². The summed E-state index contributed by atoms with van der Waals surface area (Å²) >= 11 is 0. The number of aromatic nitrogens is 4. The van der Waals surface area contributed by atoms with Crippen molar-refractivity contribution in [2.75, 3.05) is 12.3 Å². The number of nitriles is 1. The van der Waals surface area contributed by atoms with Crippen LogP contribution in [-0.4, -0.2) is 42.9 Å². The summed E-state index contributed by atoms with van der Waals surface area (Å²) in [6.07, 6.45) is 10.8. The molecule has 0 bridgehead atoms. The highest BCUT2D eigenvalue weighted by Gasteiger charge is 2.37. The maximum Gasteiger partial charge on any atom is 0.227 e. The lowest BCUT2D eigenvalue weighted by atomic mass is 9.79. The number of benzene rings is 1. The number of fused-ring (bicyclic) bond motifs is 8. The van der Waals surface area contributed by atoms with Gasteiger partial charge in [0.1, 0.15) is 29.5 Å². The molecular formula is C27H25N7O. The van der Waals surface area contributed by atoms with Crippen LogP contribution >= 0.6 is 0 Å². The first-order valence-electron chi connectivity index (χ1n) is 11.9. The number of nitrogen functional groups attached to an aromatic ring is 1. The monoisotopic (exact) mass is 463 g/mol. The van der Waals surface area contributed by atoms with Gasteiger partial charge >= 0.3 is 0 Å². The number of aryl methyl sites for hydroxylation is 3. The summed E-state index contributed by atoms with van der Waals surface area (Å²) in [6, 6.07) is 3.90. The van der Waals surface area contributed by atoms with E-state index in [4.69, 9.17) is 17.1 Å². The number of hydrogen-bond donors (Lipinski definition) is 1. The van der Waals surface area contributed by atoms with Crippen molar-refractivity contribution in [2.45, 2.75) is 45.1 Å². The van der Waals surface area contributed by atoms with Gasteiger partial charge in [-0.25, -0.2) is 15.0 Å². The van der Waals surface area contributed by atoms with Crippen LogP contribution < -0.4 is 5.73 Å². The normalized spacial score (nSPS) is 19.7. The fourth-order valence-electron chi connectivity index (χ4n) is 6.19. The highest BCUT2D eigenvalue weighted by atomic mass is 16.2. The predicted octanol–water partition coefficient (Wildman–Crippen LogP) is 3.16. The quantitative estimate of drug-likeness (QED) is 0.434. The van der Waals surface area contributed by atoms with E-state index in [1.54, 1.807) is 4.90 Å². The third-order valence-electron chi connectivity index (χ3n) is 7.78. The zero-order chi connectivity index (χ0) is 24.4. The number of carbonyl (C=O) groups is 1. The third-order valence-corrected chi connectivity index (χ3v) is 7.78. The average Bonchev–Trinajstić information content (AvgIpc) is 3.46. The maximum atomic E-state index is 13.5. The summed E-state index contributed by atoms with van der Waals surface area (Å²) in [6.45, 7) is 2.69. The second kappa shape index (κ2) is 7.68. The number of anilines is 1. The van der Waals surface area contributed by atoms with E-state index in [0.29, 0.717) is 37.3 Å². The molecule has 4 aromatic rings. The Labute approximate surface area is 202 Å². The van der Waals surface area contributed by atoms with E-state index in [1.165, 1.54) is 6.33 Å². The molecule has 174 valence electrons. The molecule has 1 amide bonds. The van der Waals surface area contributed by atoms with E-state index in [9.17, 15) is 10.1 Å². The lowest BCUT2D eigenvalue weighted by Gasteiger charge is -2.30. The second-order valence-corrected chi connectivity index (χ2v) is 9.65.